The van der Waals surface area contributed by atoms with Gasteiger partial charge in [-0.05, 0) is 19.3 Å². The lowest BCUT2D eigenvalue weighted by Gasteiger charge is -2.48. The molecule has 0 amide bonds. The van der Waals surface area contributed by atoms with E-state index in [1.165, 1.54) is 0 Å². The van der Waals surface area contributed by atoms with Gasteiger partial charge in [0.2, 0.25) is 6.29 Å². The van der Waals surface area contributed by atoms with Gasteiger partial charge in [-0.3, -0.25) is 4.18 Å². The number of hydrogen-bond donors (Lipinski definition) is 5. The van der Waals surface area contributed by atoms with Crippen LogP contribution in [0.15, 0.2) is 0 Å². The fourth-order valence-corrected chi connectivity index (χ4v) is 3.16. The van der Waals surface area contributed by atoms with Gasteiger partial charge in [0.25, 0.3) is 16.8 Å². The normalized spacial score (nSPS) is 36.5. The molecule has 1 saturated heterocycles. The maximum atomic E-state index is 11.0. The lowest BCUT2D eigenvalue weighted by molar-refractivity contribution is -0.405. The first-order valence-corrected chi connectivity index (χ1v) is 9.50. The predicted octanol–water partition coefficient (Wildman–Crippen LogP) is -3.55. The fraction of sp³-hybridized carbons (Fsp3) is 1.00. The van der Waals surface area contributed by atoms with Crippen LogP contribution in [-0.2, 0) is 39.1 Å². The van der Waals surface area contributed by atoms with Crippen LogP contribution >= 0.6 is 0 Å². The molecule has 142 valence electrons. The third-order valence-corrected chi connectivity index (χ3v) is 4.68. The molecule has 0 radical (unpaired) electrons. The van der Waals surface area contributed by atoms with E-state index >= 15 is 0 Å². The van der Waals surface area contributed by atoms with Crippen molar-refractivity contribution in [1.29, 1.82) is 0 Å². The zero-order chi connectivity index (χ0) is 18.1. The molecule has 1 saturated carbocycles. The summed E-state index contributed by atoms with van der Waals surface area (Å²) in [5, 5.41) is 35.0. The number of thiol groups is 1. The van der Waals surface area contributed by atoms with Gasteiger partial charge >= 0.3 is 10.3 Å². The molecule has 0 spiro atoms. The zero-order valence-corrected chi connectivity index (χ0v) is 14.0. The summed E-state index contributed by atoms with van der Waals surface area (Å²) in [5.74, 6) is -2.48. The molecule has 0 aromatic carbocycles. The van der Waals surface area contributed by atoms with Gasteiger partial charge in [-0.2, -0.15) is 8.42 Å². The summed E-state index contributed by atoms with van der Waals surface area (Å²) in [5.41, 5.74) is 0. The molecule has 12 nitrogen and oxygen atoms in total. The van der Waals surface area contributed by atoms with Crippen molar-refractivity contribution in [2.24, 2.45) is 5.14 Å². The first-order valence-electron chi connectivity index (χ1n) is 6.93. The highest BCUT2D eigenvalue weighted by Gasteiger charge is 2.59. The van der Waals surface area contributed by atoms with Crippen molar-refractivity contribution in [3.8, 4) is 0 Å². The molecule has 0 aromatic rings. The molecule has 5 N–H and O–H groups in total. The van der Waals surface area contributed by atoms with Gasteiger partial charge in [0.15, 0.2) is 0 Å². The molecule has 1 aliphatic carbocycles. The summed E-state index contributed by atoms with van der Waals surface area (Å²) in [6, 6.07) is 0. The molecule has 0 bridgehead atoms. The lowest BCUT2D eigenvalue weighted by atomic mass is 9.92. The lowest BCUT2D eigenvalue weighted by Crippen LogP contribution is -2.69. The second-order valence-corrected chi connectivity index (χ2v) is 7.28. The van der Waals surface area contributed by atoms with Crippen molar-refractivity contribution in [2.75, 3.05) is 6.61 Å². The highest BCUT2D eigenvalue weighted by Crippen LogP contribution is 2.37. The first kappa shape index (κ1) is 19.9. The Balaban J connectivity index is 2.25. The Hall–Kier alpha value is -0.420. The molecule has 1 heterocycles. The quantitative estimate of drug-likeness (QED) is 0.212. The molecular formula is C10H19NO11S2. The van der Waals surface area contributed by atoms with Gasteiger partial charge in [-0.25, -0.2) is 17.7 Å². The minimum absolute atomic E-state index is 0.487. The Morgan fingerprint density at radius 1 is 1.29 bits per heavy atom. The van der Waals surface area contributed by atoms with Gasteiger partial charge in [0, 0.05) is 0 Å². The van der Waals surface area contributed by atoms with E-state index in [1.54, 1.807) is 0 Å². The molecule has 1 unspecified atom stereocenters. The van der Waals surface area contributed by atoms with E-state index in [1.807, 2.05) is 0 Å². The average Bonchev–Trinajstić information content (AvgIpc) is 2.39. The predicted molar refractivity (Wildman–Crippen MR) is 74.8 cm³/mol. The van der Waals surface area contributed by atoms with Crippen LogP contribution in [0.1, 0.15) is 19.3 Å². The van der Waals surface area contributed by atoms with Crippen molar-refractivity contribution in [3.05, 3.63) is 0 Å². The highest BCUT2D eigenvalue weighted by molar-refractivity contribution is 7.84. The SMILES string of the molecule is NS(=O)(=O)OC(O)[C@@]1(OC2CCC2)OC[C@@H](O[SH](=O)=O)[C@@H](O)[C@@H]1O. The van der Waals surface area contributed by atoms with Crippen molar-refractivity contribution < 1.29 is 50.0 Å². The Bertz CT molecular complexity index is 610. The third kappa shape index (κ3) is 4.40. The van der Waals surface area contributed by atoms with Crippen LogP contribution in [0.4, 0.5) is 0 Å². The summed E-state index contributed by atoms with van der Waals surface area (Å²) >= 11 is 0. The van der Waals surface area contributed by atoms with E-state index in [-0.39, 0.29) is 0 Å². The number of aliphatic hydroxyl groups is 3. The molecule has 0 aromatic heterocycles. The second-order valence-electron chi connectivity index (χ2n) is 5.45. The summed E-state index contributed by atoms with van der Waals surface area (Å²) in [6.07, 6.45) is -6.42. The third-order valence-electron chi connectivity index (χ3n) is 3.78. The summed E-state index contributed by atoms with van der Waals surface area (Å²) < 4.78 is 62.4. The summed E-state index contributed by atoms with van der Waals surface area (Å²) in [6.45, 7) is -0.626. The number of ether oxygens (including phenoxy) is 2. The average molecular weight is 393 g/mol. The standard InChI is InChI=1S/C10H19NO11S2/c11-24(17,18)22-9(14)10(20-5-2-1-3-5)8(13)7(12)6(4-19-10)21-23(15)16/h5-9,12-14,23H,1-4H2,(H2,11,17,18)/t6-,7-,8+,9?,10-/m1/s1. The van der Waals surface area contributed by atoms with Crippen molar-refractivity contribution in [1.82, 2.24) is 0 Å². The van der Waals surface area contributed by atoms with Crippen LogP contribution in [0.5, 0.6) is 0 Å². The van der Waals surface area contributed by atoms with Gasteiger partial charge in [0.05, 0.1) is 12.7 Å². The van der Waals surface area contributed by atoms with Crippen molar-refractivity contribution >= 4 is 21.3 Å². The molecule has 14 heteroatoms. The van der Waals surface area contributed by atoms with Gasteiger partial charge in [0.1, 0.15) is 18.3 Å². The van der Waals surface area contributed by atoms with Crippen LogP contribution < -0.4 is 5.14 Å². The minimum Gasteiger partial charge on any atom is -0.387 e. The Morgan fingerprint density at radius 2 is 1.92 bits per heavy atom. The van der Waals surface area contributed by atoms with Crippen LogP contribution in [0.25, 0.3) is 0 Å². The molecule has 2 fully saturated rings. The van der Waals surface area contributed by atoms with E-state index in [2.05, 4.69) is 13.5 Å². The van der Waals surface area contributed by atoms with Crippen LogP contribution in [0.2, 0.25) is 0 Å². The first-order chi connectivity index (χ1) is 11.0. The maximum absolute atomic E-state index is 11.0. The Labute approximate surface area is 139 Å². The van der Waals surface area contributed by atoms with Crippen molar-refractivity contribution in [2.45, 2.75) is 55.8 Å². The van der Waals surface area contributed by atoms with Crippen molar-refractivity contribution in [3.63, 3.8) is 0 Å². The van der Waals surface area contributed by atoms with E-state index in [9.17, 15) is 32.2 Å². The van der Waals surface area contributed by atoms with E-state index < -0.39 is 64.4 Å². The number of rotatable bonds is 7. The van der Waals surface area contributed by atoms with Crippen LogP contribution in [-0.4, -0.2) is 75.3 Å². The smallest absolute Gasteiger partial charge is 0.335 e. The molecular weight excluding hydrogens is 374 g/mol. The molecule has 2 rings (SSSR count). The Morgan fingerprint density at radius 3 is 2.38 bits per heavy atom. The zero-order valence-electron chi connectivity index (χ0n) is 12.3. The van der Waals surface area contributed by atoms with Gasteiger partial charge < -0.3 is 24.8 Å². The largest absolute Gasteiger partial charge is 0.387 e. The van der Waals surface area contributed by atoms with Gasteiger partial charge in [-0.1, -0.05) is 0 Å². The number of aliphatic hydroxyl groups excluding tert-OH is 3. The minimum atomic E-state index is -4.64. The van der Waals surface area contributed by atoms with Crippen LogP contribution in [0.3, 0.4) is 0 Å². The fourth-order valence-electron chi connectivity index (χ4n) is 2.36. The van der Waals surface area contributed by atoms with E-state index in [4.69, 9.17) is 9.47 Å². The highest BCUT2D eigenvalue weighted by atomic mass is 32.2. The summed E-state index contributed by atoms with van der Waals surface area (Å²) in [7, 11) is -7.99. The number of hydrogen-bond acceptors (Lipinski definition) is 11. The summed E-state index contributed by atoms with van der Waals surface area (Å²) in [4.78, 5) is 0. The second kappa shape index (κ2) is 7.45. The molecule has 1 aliphatic heterocycles. The monoisotopic (exact) mass is 393 g/mol. The number of nitrogens with two attached hydrogens (primary N) is 1. The molecule has 24 heavy (non-hydrogen) atoms. The molecule has 2 aliphatic rings. The van der Waals surface area contributed by atoms with E-state index in [0.717, 1.165) is 6.42 Å². The van der Waals surface area contributed by atoms with E-state index in [0.29, 0.717) is 12.8 Å². The Kier molecular flexibility index (Phi) is 6.17. The maximum Gasteiger partial charge on any atom is 0.335 e. The topological polar surface area (TPSA) is 192 Å². The van der Waals surface area contributed by atoms with Crippen LogP contribution in [0, 0.1) is 0 Å². The van der Waals surface area contributed by atoms with Gasteiger partial charge in [-0.15, -0.1) is 0 Å². The molecule has 5 atom stereocenters.